The predicted octanol–water partition coefficient (Wildman–Crippen LogP) is 3.40. The van der Waals surface area contributed by atoms with Gasteiger partial charge in [-0.1, -0.05) is 23.7 Å². The molecular formula is C18H21ClF3N3O2. The summed E-state index contributed by atoms with van der Waals surface area (Å²) in [5.41, 5.74) is 5.07. The molecule has 0 saturated carbocycles. The molecule has 148 valence electrons. The lowest BCUT2D eigenvalue weighted by atomic mass is 10.1. The molecule has 0 fully saturated rings. The van der Waals surface area contributed by atoms with Gasteiger partial charge in [0.15, 0.2) is 0 Å². The highest BCUT2D eigenvalue weighted by atomic mass is 35.5. The van der Waals surface area contributed by atoms with Crippen molar-refractivity contribution in [3.05, 3.63) is 64.4 Å². The summed E-state index contributed by atoms with van der Waals surface area (Å²) in [6.07, 6.45) is -2.70. The fourth-order valence-corrected chi connectivity index (χ4v) is 2.26. The van der Waals surface area contributed by atoms with Gasteiger partial charge in [0.25, 0.3) is 5.91 Å². The zero-order chi connectivity index (χ0) is 20.4. The number of benzene rings is 1. The third-order valence-electron chi connectivity index (χ3n) is 3.32. The van der Waals surface area contributed by atoms with E-state index in [-0.39, 0.29) is 5.02 Å². The number of aromatic nitrogens is 1. The molecule has 1 aromatic carbocycles. The zero-order valence-corrected chi connectivity index (χ0v) is 15.4. The minimum atomic E-state index is -4.42. The number of hydrogen-bond acceptors (Lipinski definition) is 4. The molecule has 0 saturated heterocycles. The number of carbonyl (C=O) groups is 1. The van der Waals surface area contributed by atoms with Crippen LogP contribution in [0.5, 0.6) is 0 Å². The van der Waals surface area contributed by atoms with E-state index >= 15 is 0 Å². The largest absolute Gasteiger partial charge is 0.417 e. The Morgan fingerprint density at radius 2 is 2.04 bits per heavy atom. The Hall–Kier alpha value is -2.16. The van der Waals surface area contributed by atoms with E-state index in [1.807, 2.05) is 0 Å². The quantitative estimate of drug-likeness (QED) is 0.645. The highest BCUT2D eigenvalue weighted by Gasteiger charge is 2.32. The van der Waals surface area contributed by atoms with Crippen LogP contribution in [-0.2, 0) is 12.7 Å². The molecule has 2 aromatic rings. The van der Waals surface area contributed by atoms with Crippen LogP contribution in [0.4, 0.5) is 13.2 Å². The van der Waals surface area contributed by atoms with Crippen LogP contribution in [0.15, 0.2) is 42.6 Å². The highest BCUT2D eigenvalue weighted by Crippen LogP contribution is 2.34. The van der Waals surface area contributed by atoms with Crippen molar-refractivity contribution in [2.24, 2.45) is 5.73 Å². The molecule has 0 radical (unpaired) electrons. The molecule has 1 atom stereocenters. The van der Waals surface area contributed by atoms with E-state index in [1.165, 1.54) is 18.3 Å². The second-order valence-electron chi connectivity index (χ2n) is 5.71. The Balaban J connectivity index is 0.000000337. The summed E-state index contributed by atoms with van der Waals surface area (Å²) in [6.45, 7) is 2.69. The number of nitrogens with zero attached hydrogens (tertiary/aromatic N) is 1. The molecular weight excluding hydrogens is 383 g/mol. The summed E-state index contributed by atoms with van der Waals surface area (Å²) in [5.74, 6) is -0.490. The molecule has 5 nitrogen and oxygen atoms in total. The second kappa shape index (κ2) is 10.9. The van der Waals surface area contributed by atoms with Gasteiger partial charge in [0.05, 0.1) is 16.7 Å². The van der Waals surface area contributed by atoms with Crippen molar-refractivity contribution in [3.63, 3.8) is 0 Å². The maximum absolute atomic E-state index is 12.4. The lowest BCUT2D eigenvalue weighted by molar-refractivity contribution is -0.137. The van der Waals surface area contributed by atoms with E-state index in [0.717, 1.165) is 6.07 Å². The van der Waals surface area contributed by atoms with E-state index < -0.39 is 23.8 Å². The molecule has 0 bridgehead atoms. The van der Waals surface area contributed by atoms with Gasteiger partial charge in [-0.3, -0.25) is 9.78 Å². The van der Waals surface area contributed by atoms with Crippen LogP contribution >= 0.6 is 11.6 Å². The number of pyridine rings is 1. The molecule has 0 aliphatic heterocycles. The summed E-state index contributed by atoms with van der Waals surface area (Å²) in [4.78, 5) is 14.1. The van der Waals surface area contributed by atoms with Crippen molar-refractivity contribution in [2.75, 3.05) is 6.54 Å². The van der Waals surface area contributed by atoms with E-state index in [2.05, 4.69) is 10.3 Å². The van der Waals surface area contributed by atoms with Crippen LogP contribution in [0.2, 0.25) is 5.02 Å². The molecule has 1 unspecified atom stereocenters. The molecule has 9 heteroatoms. The van der Waals surface area contributed by atoms with Crippen molar-refractivity contribution < 1.29 is 23.1 Å². The van der Waals surface area contributed by atoms with Crippen LogP contribution in [0.1, 0.15) is 35.0 Å². The summed E-state index contributed by atoms with van der Waals surface area (Å²) < 4.78 is 37.3. The molecule has 0 spiro atoms. The van der Waals surface area contributed by atoms with Crippen LogP contribution in [-0.4, -0.2) is 28.6 Å². The van der Waals surface area contributed by atoms with Crippen molar-refractivity contribution in [1.29, 1.82) is 0 Å². The van der Waals surface area contributed by atoms with E-state index in [9.17, 15) is 18.0 Å². The average Bonchev–Trinajstić information content (AvgIpc) is 2.59. The van der Waals surface area contributed by atoms with E-state index in [0.29, 0.717) is 30.8 Å². The lowest BCUT2D eigenvalue weighted by Gasteiger charge is -2.11. The van der Waals surface area contributed by atoms with Crippen LogP contribution < -0.4 is 11.1 Å². The van der Waals surface area contributed by atoms with Gasteiger partial charge in [-0.05, 0) is 49.7 Å². The number of nitrogens with one attached hydrogen (secondary N) is 1. The fourth-order valence-electron chi connectivity index (χ4n) is 1.95. The van der Waals surface area contributed by atoms with Crippen molar-refractivity contribution in [2.45, 2.75) is 32.2 Å². The average molecular weight is 404 g/mol. The zero-order valence-electron chi connectivity index (χ0n) is 14.6. The van der Waals surface area contributed by atoms with Crippen LogP contribution in [0.3, 0.4) is 0 Å². The van der Waals surface area contributed by atoms with Crippen molar-refractivity contribution >= 4 is 17.5 Å². The third kappa shape index (κ3) is 8.85. The lowest BCUT2D eigenvalue weighted by Crippen LogP contribution is -2.18. The Labute approximate surface area is 160 Å². The summed E-state index contributed by atoms with van der Waals surface area (Å²) in [6, 6.07) is 8.69. The monoisotopic (exact) mass is 403 g/mol. The maximum atomic E-state index is 12.4. The summed E-state index contributed by atoms with van der Waals surface area (Å²) in [5, 5.41) is 11.8. The number of aliphatic hydroxyl groups excluding tert-OH is 1. The Kier molecular flexibility index (Phi) is 9.20. The molecule has 0 aliphatic rings. The standard InChI is InChI=1S/C12H15ClF3NO.C6H6N2O/c1-8(18)4-5-17-7-9-2-3-10(11(13)6-9)12(14,15)16;7-6(9)5-3-1-2-4-8-5/h2-3,6,8,17-18H,4-5,7H2,1H3;1-4H,(H2,7,9). The van der Waals surface area contributed by atoms with E-state index in [1.54, 1.807) is 25.1 Å². The van der Waals surface area contributed by atoms with Crippen LogP contribution in [0, 0.1) is 0 Å². The number of amides is 1. The first kappa shape index (κ1) is 22.9. The first-order valence-corrected chi connectivity index (χ1v) is 8.44. The summed E-state index contributed by atoms with van der Waals surface area (Å²) >= 11 is 5.59. The number of hydrogen-bond donors (Lipinski definition) is 3. The van der Waals surface area contributed by atoms with Crippen molar-refractivity contribution in [1.82, 2.24) is 10.3 Å². The smallest absolute Gasteiger partial charge is 0.393 e. The Morgan fingerprint density at radius 1 is 1.33 bits per heavy atom. The molecule has 1 heterocycles. The van der Waals surface area contributed by atoms with Gasteiger partial charge < -0.3 is 16.2 Å². The van der Waals surface area contributed by atoms with Gasteiger partial charge in [-0.25, -0.2) is 0 Å². The highest BCUT2D eigenvalue weighted by molar-refractivity contribution is 6.31. The third-order valence-corrected chi connectivity index (χ3v) is 3.64. The van der Waals surface area contributed by atoms with Gasteiger partial charge in [0.1, 0.15) is 5.69 Å². The Bertz CT molecular complexity index is 726. The number of rotatable bonds is 6. The van der Waals surface area contributed by atoms with Gasteiger partial charge in [-0.15, -0.1) is 0 Å². The first-order chi connectivity index (χ1) is 12.6. The summed E-state index contributed by atoms with van der Waals surface area (Å²) in [7, 11) is 0. The fraction of sp³-hybridized carbons (Fsp3) is 0.333. The maximum Gasteiger partial charge on any atom is 0.417 e. The molecule has 1 amide bonds. The first-order valence-electron chi connectivity index (χ1n) is 8.06. The number of carbonyl (C=O) groups excluding carboxylic acids is 1. The number of nitrogens with two attached hydrogens (primary N) is 1. The molecule has 0 aliphatic carbocycles. The number of alkyl halides is 3. The molecule has 27 heavy (non-hydrogen) atoms. The SMILES string of the molecule is CC(O)CCNCc1ccc(C(F)(F)F)c(Cl)c1.NC(=O)c1ccccn1. The Morgan fingerprint density at radius 3 is 2.48 bits per heavy atom. The number of halogens is 4. The van der Waals surface area contributed by atoms with E-state index in [4.69, 9.17) is 22.4 Å². The van der Waals surface area contributed by atoms with Gasteiger partial charge in [-0.2, -0.15) is 13.2 Å². The predicted molar refractivity (Wildman–Crippen MR) is 97.2 cm³/mol. The number of primary amides is 1. The normalized spacial score (nSPS) is 12.1. The molecule has 1 aromatic heterocycles. The topological polar surface area (TPSA) is 88.2 Å². The minimum Gasteiger partial charge on any atom is -0.393 e. The van der Waals surface area contributed by atoms with Crippen LogP contribution in [0.25, 0.3) is 0 Å². The molecule has 4 N–H and O–H groups in total. The molecule has 2 rings (SSSR count). The van der Waals surface area contributed by atoms with Gasteiger partial charge in [0.2, 0.25) is 0 Å². The van der Waals surface area contributed by atoms with Crippen molar-refractivity contribution in [3.8, 4) is 0 Å². The second-order valence-corrected chi connectivity index (χ2v) is 6.11. The van der Waals surface area contributed by atoms with Gasteiger partial charge >= 0.3 is 6.18 Å². The minimum absolute atomic E-state index is 0.294. The van der Waals surface area contributed by atoms with Gasteiger partial charge in [0, 0.05) is 12.7 Å². The number of aliphatic hydroxyl groups is 1.